The summed E-state index contributed by atoms with van der Waals surface area (Å²) in [5.74, 6) is -0.394. The van der Waals surface area contributed by atoms with Crippen LogP contribution in [-0.4, -0.2) is 49.6 Å². The molecule has 22 heavy (non-hydrogen) atoms. The van der Waals surface area contributed by atoms with Crippen LogP contribution in [0, 0.1) is 6.92 Å². The Morgan fingerprint density at radius 3 is 2.68 bits per heavy atom. The lowest BCUT2D eigenvalue weighted by Gasteiger charge is -2.20. The Bertz CT molecular complexity index is 554. The summed E-state index contributed by atoms with van der Waals surface area (Å²) < 4.78 is 4.88. The van der Waals surface area contributed by atoms with Crippen LogP contribution in [0.2, 0.25) is 0 Å². The fraction of sp³-hybridized carbons (Fsp3) is 0.500. The van der Waals surface area contributed by atoms with Gasteiger partial charge in [0.05, 0.1) is 17.9 Å². The highest BCUT2D eigenvalue weighted by Crippen LogP contribution is 2.23. The van der Waals surface area contributed by atoms with Crippen molar-refractivity contribution in [2.45, 2.75) is 25.8 Å². The smallest absolute Gasteiger partial charge is 0.256 e. The number of anilines is 1. The van der Waals surface area contributed by atoms with E-state index in [1.54, 1.807) is 6.07 Å². The zero-order valence-corrected chi connectivity index (χ0v) is 13.1. The molecule has 120 valence electrons. The number of rotatable bonds is 5. The minimum Gasteiger partial charge on any atom is -0.383 e. The number of amides is 2. The molecule has 1 aliphatic rings. The van der Waals surface area contributed by atoms with Gasteiger partial charge in [0.15, 0.2) is 0 Å². The quantitative estimate of drug-likeness (QED) is 0.854. The van der Waals surface area contributed by atoms with Crippen molar-refractivity contribution in [1.82, 2.24) is 4.90 Å². The molecule has 1 heterocycles. The zero-order valence-electron chi connectivity index (χ0n) is 13.1. The number of carbonyl (C=O) groups is 2. The van der Waals surface area contributed by atoms with E-state index in [1.807, 2.05) is 24.0 Å². The van der Waals surface area contributed by atoms with Gasteiger partial charge in [-0.25, -0.2) is 0 Å². The second-order valence-electron chi connectivity index (χ2n) is 5.55. The van der Waals surface area contributed by atoms with Crippen molar-refractivity contribution in [3.05, 3.63) is 29.3 Å². The van der Waals surface area contributed by atoms with Crippen LogP contribution in [-0.2, 0) is 9.53 Å². The molecule has 2 rings (SSSR count). The van der Waals surface area contributed by atoms with Crippen LogP contribution in [0.4, 0.5) is 5.69 Å². The van der Waals surface area contributed by atoms with Gasteiger partial charge < -0.3 is 20.7 Å². The molecular weight excluding hydrogens is 282 g/mol. The van der Waals surface area contributed by atoms with Gasteiger partial charge in [-0.3, -0.25) is 9.59 Å². The van der Waals surface area contributed by atoms with Crippen LogP contribution in [0.15, 0.2) is 18.2 Å². The first-order valence-corrected chi connectivity index (χ1v) is 7.49. The Hall–Kier alpha value is -1.92. The number of hydrogen-bond acceptors (Lipinski definition) is 4. The van der Waals surface area contributed by atoms with Crippen LogP contribution in [0.5, 0.6) is 0 Å². The predicted molar refractivity (Wildman–Crippen MR) is 84.8 cm³/mol. The molecule has 1 aromatic rings. The first-order chi connectivity index (χ1) is 10.5. The summed E-state index contributed by atoms with van der Waals surface area (Å²) >= 11 is 0. The highest BCUT2D eigenvalue weighted by atomic mass is 16.5. The molecule has 3 N–H and O–H groups in total. The summed E-state index contributed by atoms with van der Waals surface area (Å²) in [6, 6.07) is 4.65. The van der Waals surface area contributed by atoms with E-state index in [9.17, 15) is 9.59 Å². The average molecular weight is 305 g/mol. The Labute approximate surface area is 130 Å². The molecule has 0 radical (unpaired) electrons. The number of aryl methyl sites for hydroxylation is 1. The number of carbonyl (C=O) groups excluding carboxylic acids is 2. The molecule has 1 fully saturated rings. The fourth-order valence-electron chi connectivity index (χ4n) is 2.61. The van der Waals surface area contributed by atoms with E-state index in [0.29, 0.717) is 11.3 Å². The van der Waals surface area contributed by atoms with Crippen LogP contribution < -0.4 is 11.1 Å². The lowest BCUT2D eigenvalue weighted by Crippen LogP contribution is -2.39. The van der Waals surface area contributed by atoms with Gasteiger partial charge in [0, 0.05) is 20.2 Å². The van der Waals surface area contributed by atoms with Crippen LogP contribution >= 0.6 is 0 Å². The van der Waals surface area contributed by atoms with Crippen molar-refractivity contribution in [2.75, 3.05) is 32.1 Å². The van der Waals surface area contributed by atoms with Gasteiger partial charge in [-0.1, -0.05) is 12.1 Å². The molecule has 0 saturated carbocycles. The third-order valence-corrected chi connectivity index (χ3v) is 3.82. The zero-order chi connectivity index (χ0) is 16.1. The second-order valence-corrected chi connectivity index (χ2v) is 5.55. The molecule has 0 bridgehead atoms. The first kappa shape index (κ1) is 16.5. The van der Waals surface area contributed by atoms with E-state index in [1.165, 1.54) is 7.11 Å². The molecule has 6 heteroatoms. The molecule has 1 atom stereocenters. The van der Waals surface area contributed by atoms with Gasteiger partial charge in [-0.15, -0.1) is 0 Å². The standard InChI is InChI=1S/C16H23N3O3/c1-11-6-5-7-13(18-15(20)12(17)10-22-2)14(11)16(21)19-8-3-4-9-19/h5-7,12H,3-4,8-10,17H2,1-2H3,(H,18,20). The summed E-state index contributed by atoms with van der Waals surface area (Å²) in [6.45, 7) is 3.54. The molecule has 1 aliphatic heterocycles. The number of nitrogens with one attached hydrogen (secondary N) is 1. The van der Waals surface area contributed by atoms with Crippen LogP contribution in [0.1, 0.15) is 28.8 Å². The maximum Gasteiger partial charge on any atom is 0.256 e. The summed E-state index contributed by atoms with van der Waals surface area (Å²) in [4.78, 5) is 26.6. The van der Waals surface area contributed by atoms with Crippen molar-refractivity contribution in [3.63, 3.8) is 0 Å². The first-order valence-electron chi connectivity index (χ1n) is 7.49. The van der Waals surface area contributed by atoms with Crippen molar-refractivity contribution in [3.8, 4) is 0 Å². The van der Waals surface area contributed by atoms with Crippen molar-refractivity contribution >= 4 is 17.5 Å². The van der Waals surface area contributed by atoms with Crippen molar-refractivity contribution < 1.29 is 14.3 Å². The van der Waals surface area contributed by atoms with E-state index in [0.717, 1.165) is 31.5 Å². The molecule has 1 unspecified atom stereocenters. The van der Waals surface area contributed by atoms with Gasteiger partial charge in [-0.2, -0.15) is 0 Å². The molecular formula is C16H23N3O3. The van der Waals surface area contributed by atoms with E-state index in [2.05, 4.69) is 5.32 Å². The lowest BCUT2D eigenvalue weighted by molar-refractivity contribution is -0.118. The number of likely N-dealkylation sites (tertiary alicyclic amines) is 1. The third kappa shape index (κ3) is 3.64. The number of hydrogen-bond donors (Lipinski definition) is 2. The Balaban J connectivity index is 2.22. The minimum absolute atomic E-state index is 0.0359. The number of nitrogens with zero attached hydrogens (tertiary/aromatic N) is 1. The van der Waals surface area contributed by atoms with Gasteiger partial charge in [0.25, 0.3) is 5.91 Å². The topological polar surface area (TPSA) is 84.7 Å². The van der Waals surface area contributed by atoms with Crippen LogP contribution in [0.25, 0.3) is 0 Å². The Morgan fingerprint density at radius 1 is 1.36 bits per heavy atom. The van der Waals surface area contributed by atoms with E-state index in [-0.39, 0.29) is 18.4 Å². The number of methoxy groups -OCH3 is 1. The average Bonchev–Trinajstić information content (AvgIpc) is 3.01. The Morgan fingerprint density at radius 2 is 2.05 bits per heavy atom. The van der Waals surface area contributed by atoms with E-state index < -0.39 is 6.04 Å². The fourth-order valence-corrected chi connectivity index (χ4v) is 2.61. The normalized spacial score (nSPS) is 15.7. The maximum absolute atomic E-state index is 12.7. The maximum atomic E-state index is 12.7. The minimum atomic E-state index is -0.764. The van der Waals surface area contributed by atoms with Crippen molar-refractivity contribution in [2.24, 2.45) is 5.73 Å². The predicted octanol–water partition coefficient (Wildman–Crippen LogP) is 1.14. The summed E-state index contributed by atoms with van der Waals surface area (Å²) in [7, 11) is 1.49. The number of nitrogens with two attached hydrogens (primary N) is 1. The molecule has 1 aromatic carbocycles. The second kappa shape index (κ2) is 7.38. The van der Waals surface area contributed by atoms with Gasteiger partial charge in [0.2, 0.25) is 5.91 Å². The number of benzene rings is 1. The molecule has 0 spiro atoms. The summed E-state index contributed by atoms with van der Waals surface area (Å²) in [5, 5.41) is 2.75. The largest absolute Gasteiger partial charge is 0.383 e. The molecule has 2 amide bonds. The van der Waals surface area contributed by atoms with Crippen LogP contribution in [0.3, 0.4) is 0 Å². The highest BCUT2D eigenvalue weighted by molar-refractivity contribution is 6.05. The van der Waals surface area contributed by atoms with Gasteiger partial charge >= 0.3 is 0 Å². The summed E-state index contributed by atoms with van der Waals surface area (Å²) in [6.07, 6.45) is 2.05. The third-order valence-electron chi connectivity index (χ3n) is 3.82. The summed E-state index contributed by atoms with van der Waals surface area (Å²) in [5.41, 5.74) is 7.62. The van der Waals surface area contributed by atoms with Gasteiger partial charge in [0.1, 0.15) is 6.04 Å². The molecule has 6 nitrogen and oxygen atoms in total. The lowest BCUT2D eigenvalue weighted by atomic mass is 10.0. The van der Waals surface area contributed by atoms with Gasteiger partial charge in [-0.05, 0) is 31.4 Å². The monoisotopic (exact) mass is 305 g/mol. The SMILES string of the molecule is COCC(N)C(=O)Nc1cccc(C)c1C(=O)N1CCCC1. The molecule has 0 aliphatic carbocycles. The van der Waals surface area contributed by atoms with E-state index >= 15 is 0 Å². The van der Waals surface area contributed by atoms with E-state index in [4.69, 9.17) is 10.5 Å². The highest BCUT2D eigenvalue weighted by Gasteiger charge is 2.24. The number of ether oxygens (including phenoxy) is 1. The molecule has 0 aromatic heterocycles. The van der Waals surface area contributed by atoms with Crippen molar-refractivity contribution in [1.29, 1.82) is 0 Å². The molecule has 1 saturated heterocycles. The Kier molecular flexibility index (Phi) is 5.51.